The lowest BCUT2D eigenvalue weighted by atomic mass is 10.3. The molecular formula is C13H9F4NO3S. The summed E-state index contributed by atoms with van der Waals surface area (Å²) in [7, 11) is -4.21. The van der Waals surface area contributed by atoms with Crippen molar-refractivity contribution in [2.45, 2.75) is 11.5 Å². The molecular weight excluding hydrogens is 326 g/mol. The van der Waals surface area contributed by atoms with E-state index in [9.17, 15) is 26.0 Å². The number of ether oxygens (including phenoxy) is 1. The van der Waals surface area contributed by atoms with Crippen molar-refractivity contribution in [1.29, 1.82) is 0 Å². The molecule has 0 aliphatic carbocycles. The Hall–Kier alpha value is -2.29. The standard InChI is InChI=1S/C13H9F4NO3S/c14-8-5-9(15)7-12(6-8)22(19,20)18-10-1-3-11(4-2-10)21-13(16)17/h1-7,13,18H. The van der Waals surface area contributed by atoms with Gasteiger partial charge in [-0.05, 0) is 36.4 Å². The van der Waals surface area contributed by atoms with Crippen LogP contribution in [0.15, 0.2) is 47.4 Å². The van der Waals surface area contributed by atoms with Gasteiger partial charge in [-0.25, -0.2) is 17.2 Å². The summed E-state index contributed by atoms with van der Waals surface area (Å²) in [5.41, 5.74) is 0.0197. The molecule has 0 aliphatic rings. The van der Waals surface area contributed by atoms with Crippen molar-refractivity contribution in [2.24, 2.45) is 0 Å². The second kappa shape index (κ2) is 6.22. The zero-order valence-electron chi connectivity index (χ0n) is 10.8. The molecule has 0 aliphatic heterocycles. The second-order valence-corrected chi connectivity index (χ2v) is 5.80. The topological polar surface area (TPSA) is 55.4 Å². The summed E-state index contributed by atoms with van der Waals surface area (Å²) in [4.78, 5) is -0.599. The van der Waals surface area contributed by atoms with Crippen molar-refractivity contribution >= 4 is 15.7 Å². The predicted octanol–water partition coefficient (Wildman–Crippen LogP) is 3.37. The van der Waals surface area contributed by atoms with Crippen molar-refractivity contribution in [1.82, 2.24) is 0 Å². The summed E-state index contributed by atoms with van der Waals surface area (Å²) < 4.78 is 80.2. The molecule has 0 saturated heterocycles. The average molecular weight is 335 g/mol. The van der Waals surface area contributed by atoms with Crippen LogP contribution < -0.4 is 9.46 Å². The molecule has 2 rings (SSSR count). The molecule has 0 unspecified atom stereocenters. The fraction of sp³-hybridized carbons (Fsp3) is 0.0769. The monoisotopic (exact) mass is 335 g/mol. The lowest BCUT2D eigenvalue weighted by molar-refractivity contribution is -0.0498. The summed E-state index contributed by atoms with van der Waals surface area (Å²) >= 11 is 0. The van der Waals surface area contributed by atoms with Gasteiger partial charge in [0.2, 0.25) is 0 Å². The second-order valence-electron chi connectivity index (χ2n) is 4.11. The van der Waals surface area contributed by atoms with E-state index in [1.807, 2.05) is 0 Å². The first-order valence-corrected chi connectivity index (χ1v) is 7.28. The van der Waals surface area contributed by atoms with Crippen LogP contribution in [-0.2, 0) is 10.0 Å². The van der Waals surface area contributed by atoms with Crippen molar-refractivity contribution in [2.75, 3.05) is 4.72 Å². The van der Waals surface area contributed by atoms with E-state index < -0.39 is 33.2 Å². The van der Waals surface area contributed by atoms with E-state index >= 15 is 0 Å². The first kappa shape index (κ1) is 16.1. The Bertz CT molecular complexity index is 743. The zero-order valence-corrected chi connectivity index (χ0v) is 11.6. The van der Waals surface area contributed by atoms with Gasteiger partial charge < -0.3 is 4.74 Å². The van der Waals surface area contributed by atoms with Gasteiger partial charge in [-0.1, -0.05) is 0 Å². The number of hydrogen-bond donors (Lipinski definition) is 1. The van der Waals surface area contributed by atoms with Gasteiger partial charge in [-0.15, -0.1) is 0 Å². The predicted molar refractivity (Wildman–Crippen MR) is 70.2 cm³/mol. The smallest absolute Gasteiger partial charge is 0.387 e. The van der Waals surface area contributed by atoms with Crippen molar-refractivity contribution in [3.63, 3.8) is 0 Å². The third kappa shape index (κ3) is 4.10. The van der Waals surface area contributed by atoms with E-state index in [1.165, 1.54) is 12.1 Å². The molecule has 22 heavy (non-hydrogen) atoms. The van der Waals surface area contributed by atoms with Crippen LogP contribution in [0.25, 0.3) is 0 Å². The number of anilines is 1. The Kier molecular flexibility index (Phi) is 4.55. The highest BCUT2D eigenvalue weighted by Crippen LogP contribution is 2.21. The van der Waals surface area contributed by atoms with E-state index in [-0.39, 0.29) is 11.4 Å². The molecule has 0 bridgehead atoms. The van der Waals surface area contributed by atoms with Gasteiger partial charge in [0.1, 0.15) is 17.4 Å². The maximum Gasteiger partial charge on any atom is 0.387 e. The Morgan fingerprint density at radius 1 is 0.955 bits per heavy atom. The van der Waals surface area contributed by atoms with Crippen LogP contribution in [0.4, 0.5) is 23.2 Å². The highest BCUT2D eigenvalue weighted by atomic mass is 32.2. The highest BCUT2D eigenvalue weighted by Gasteiger charge is 2.17. The molecule has 118 valence electrons. The van der Waals surface area contributed by atoms with Gasteiger partial charge in [0.05, 0.1) is 4.90 Å². The number of sulfonamides is 1. The molecule has 0 amide bonds. The molecule has 0 spiro atoms. The first-order valence-electron chi connectivity index (χ1n) is 5.80. The summed E-state index contributed by atoms with van der Waals surface area (Å²) in [6, 6.07) is 6.43. The number of halogens is 4. The molecule has 1 N–H and O–H groups in total. The largest absolute Gasteiger partial charge is 0.435 e. The summed E-state index contributed by atoms with van der Waals surface area (Å²) in [6.45, 7) is -3.00. The Morgan fingerprint density at radius 2 is 1.50 bits per heavy atom. The molecule has 2 aromatic carbocycles. The minimum absolute atomic E-state index is 0.0197. The Labute approximate surface area is 123 Å². The molecule has 0 fully saturated rings. The summed E-state index contributed by atoms with van der Waals surface area (Å²) in [5.74, 6) is -2.24. The minimum Gasteiger partial charge on any atom is -0.435 e. The maximum absolute atomic E-state index is 13.1. The molecule has 0 aromatic heterocycles. The van der Waals surface area contributed by atoms with Crippen molar-refractivity contribution in [3.05, 3.63) is 54.1 Å². The molecule has 0 saturated carbocycles. The maximum atomic E-state index is 13.1. The average Bonchev–Trinajstić information content (AvgIpc) is 2.39. The Balaban J connectivity index is 2.21. The first-order chi connectivity index (χ1) is 10.3. The van der Waals surface area contributed by atoms with E-state index in [4.69, 9.17) is 0 Å². The van der Waals surface area contributed by atoms with Crippen molar-refractivity contribution in [3.8, 4) is 5.75 Å². The quantitative estimate of drug-likeness (QED) is 0.853. The lowest BCUT2D eigenvalue weighted by Gasteiger charge is -2.09. The zero-order chi connectivity index (χ0) is 16.3. The van der Waals surface area contributed by atoms with Gasteiger partial charge >= 0.3 is 6.61 Å². The number of alkyl halides is 2. The van der Waals surface area contributed by atoms with Gasteiger partial charge in [-0.3, -0.25) is 4.72 Å². The third-order valence-electron chi connectivity index (χ3n) is 2.48. The molecule has 0 heterocycles. The fourth-order valence-corrected chi connectivity index (χ4v) is 2.70. The van der Waals surface area contributed by atoms with Gasteiger partial charge in [0.15, 0.2) is 0 Å². The molecule has 9 heteroatoms. The minimum atomic E-state index is -4.21. The van der Waals surface area contributed by atoms with Crippen LogP contribution in [0, 0.1) is 11.6 Å². The van der Waals surface area contributed by atoms with Crippen LogP contribution in [0.5, 0.6) is 5.75 Å². The van der Waals surface area contributed by atoms with E-state index in [1.54, 1.807) is 0 Å². The third-order valence-corrected chi connectivity index (χ3v) is 3.84. The number of benzene rings is 2. The van der Waals surface area contributed by atoms with E-state index in [2.05, 4.69) is 9.46 Å². The van der Waals surface area contributed by atoms with Gasteiger partial charge in [0.25, 0.3) is 10.0 Å². The molecule has 4 nitrogen and oxygen atoms in total. The van der Waals surface area contributed by atoms with Crippen LogP contribution in [0.2, 0.25) is 0 Å². The Morgan fingerprint density at radius 3 is 2.00 bits per heavy atom. The van der Waals surface area contributed by atoms with E-state index in [0.717, 1.165) is 12.1 Å². The molecule has 0 radical (unpaired) electrons. The SMILES string of the molecule is O=S(=O)(Nc1ccc(OC(F)F)cc1)c1cc(F)cc(F)c1. The summed E-state index contributed by atoms with van der Waals surface area (Å²) in [6.07, 6.45) is 0. The van der Waals surface area contributed by atoms with Crippen LogP contribution in [-0.4, -0.2) is 15.0 Å². The van der Waals surface area contributed by atoms with Crippen molar-refractivity contribution < 1.29 is 30.7 Å². The lowest BCUT2D eigenvalue weighted by Crippen LogP contribution is -2.13. The highest BCUT2D eigenvalue weighted by molar-refractivity contribution is 7.92. The van der Waals surface area contributed by atoms with E-state index in [0.29, 0.717) is 18.2 Å². The van der Waals surface area contributed by atoms with Gasteiger partial charge in [-0.2, -0.15) is 8.78 Å². The normalized spacial score (nSPS) is 11.5. The van der Waals surface area contributed by atoms with Gasteiger partial charge in [0, 0.05) is 11.8 Å². The fourth-order valence-electron chi connectivity index (χ4n) is 1.60. The molecule has 0 atom stereocenters. The van der Waals surface area contributed by atoms with Crippen LogP contribution >= 0.6 is 0 Å². The summed E-state index contributed by atoms with van der Waals surface area (Å²) in [5, 5.41) is 0. The number of nitrogens with one attached hydrogen (secondary N) is 1. The van der Waals surface area contributed by atoms with Crippen LogP contribution in [0.1, 0.15) is 0 Å². The number of rotatable bonds is 5. The number of hydrogen-bond acceptors (Lipinski definition) is 3. The van der Waals surface area contributed by atoms with Crippen LogP contribution in [0.3, 0.4) is 0 Å². The molecule has 2 aromatic rings.